The van der Waals surface area contributed by atoms with Crippen LogP contribution in [0.25, 0.3) is 22.0 Å². The molecule has 0 bridgehead atoms. The van der Waals surface area contributed by atoms with Crippen molar-refractivity contribution in [3.8, 4) is 23.0 Å². The number of allylic oxidation sites excluding steroid dienone is 2. The molecule has 1 amide bonds. The molecule has 1 aliphatic carbocycles. The number of aromatic nitrogens is 3. The van der Waals surface area contributed by atoms with Crippen LogP contribution in [-0.4, -0.2) is 71.1 Å². The maximum Gasteiger partial charge on any atom is 0.290 e. The fraction of sp³-hybridized carbons (Fsp3) is 0.333. The van der Waals surface area contributed by atoms with Gasteiger partial charge in [0.25, 0.3) is 12.3 Å². The lowest BCUT2D eigenvalue weighted by Gasteiger charge is -2.22. The average molecular weight is 810 g/mol. The Balaban J connectivity index is 1.68. The Hall–Kier alpha value is -5.12. The maximum atomic E-state index is 15.0. The Labute approximate surface area is 316 Å². The second kappa shape index (κ2) is 15.6. The van der Waals surface area contributed by atoms with Gasteiger partial charge in [-0.15, -0.1) is 0 Å². The number of nitrogens with zero attached hydrogens (tertiary/aromatic N) is 3. The zero-order chi connectivity index (χ0) is 40.6. The van der Waals surface area contributed by atoms with E-state index in [4.69, 9.17) is 17.3 Å². The third-order valence-electron chi connectivity index (χ3n) is 8.28. The fourth-order valence-electron chi connectivity index (χ4n) is 6.15. The molecule has 0 aliphatic heterocycles. The molecule has 292 valence electrons. The van der Waals surface area contributed by atoms with Crippen LogP contribution in [0.5, 0.6) is 0 Å². The highest BCUT2D eigenvalue weighted by Crippen LogP contribution is 2.42. The van der Waals surface area contributed by atoms with Gasteiger partial charge in [0.2, 0.25) is 15.9 Å². The number of halogens is 7. The monoisotopic (exact) mass is 809 g/mol. The summed E-state index contributed by atoms with van der Waals surface area (Å²) in [5, 5.41) is 19.9. The van der Waals surface area contributed by atoms with Crippen molar-refractivity contribution in [2.75, 3.05) is 17.5 Å². The second-order valence-electron chi connectivity index (χ2n) is 13.5. The first kappa shape index (κ1) is 41.1. The number of rotatable bonds is 10. The highest BCUT2D eigenvalue weighted by Gasteiger charge is 2.49. The molecule has 1 unspecified atom stereocenters. The van der Waals surface area contributed by atoms with Gasteiger partial charge in [-0.05, 0) is 68.0 Å². The lowest BCUT2D eigenvalue weighted by atomic mass is 9.93. The molecule has 55 heavy (non-hydrogen) atoms. The first-order valence-corrected chi connectivity index (χ1v) is 18.7. The summed E-state index contributed by atoms with van der Waals surface area (Å²) < 4.78 is 112. The number of aliphatic hydroxyl groups is 1. The van der Waals surface area contributed by atoms with E-state index in [1.54, 1.807) is 0 Å². The molecule has 0 radical (unpaired) electrons. The standard InChI is InChI=1S/C36H34ClF6N7O4S/c1-17-15-36(42,43)32(27(17)29(44)33(40)41)45-16-26(51)47-25(13-18-11-19(38)14-20(39)12-18)30-22(6-5-21(46-30)9-10-35(2,3)52)23-7-8-24(37)28-31(23)48-49-34(28)50-55(4,53)54/h5-8,11-12,14,17,25,33,52H,13,15-16,44H2,1-4H3,(H,47,51)(H2,48,49,50)/t17-,25?/m0/s1. The Morgan fingerprint density at radius 3 is 2.44 bits per heavy atom. The lowest BCUT2D eigenvalue weighted by molar-refractivity contribution is -0.120. The largest absolute Gasteiger partial charge is 0.397 e. The molecule has 6 N–H and O–H groups in total. The highest BCUT2D eigenvalue weighted by atomic mass is 35.5. The molecular formula is C36H34ClF6N7O4S. The molecule has 4 aromatic rings. The van der Waals surface area contributed by atoms with Gasteiger partial charge < -0.3 is 16.2 Å². The summed E-state index contributed by atoms with van der Waals surface area (Å²) in [5.41, 5.74) is 2.18. The highest BCUT2D eigenvalue weighted by molar-refractivity contribution is 7.92. The number of alkyl halides is 4. The van der Waals surface area contributed by atoms with Crippen molar-refractivity contribution in [3.05, 3.63) is 87.3 Å². The Morgan fingerprint density at radius 2 is 1.82 bits per heavy atom. The lowest BCUT2D eigenvalue weighted by Crippen LogP contribution is -2.34. The van der Waals surface area contributed by atoms with Gasteiger partial charge in [0.05, 0.1) is 39.6 Å². The predicted octanol–water partition coefficient (Wildman–Crippen LogP) is 6.04. The first-order valence-electron chi connectivity index (χ1n) is 16.4. The Morgan fingerprint density at radius 1 is 1.16 bits per heavy atom. The molecule has 11 nitrogen and oxygen atoms in total. The van der Waals surface area contributed by atoms with E-state index in [0.717, 1.165) is 18.4 Å². The number of carbonyl (C=O) groups excluding carboxylic acids is 1. The van der Waals surface area contributed by atoms with Crippen molar-refractivity contribution < 1.29 is 44.7 Å². The number of H-pyrrole nitrogens is 1. The van der Waals surface area contributed by atoms with Gasteiger partial charge in [0, 0.05) is 29.2 Å². The normalized spacial score (nSPS) is 18.0. The van der Waals surface area contributed by atoms with E-state index in [0.29, 0.717) is 11.6 Å². The SMILES string of the molecule is C[C@H]1CC(F)(F)C(=NCC(=O)NC(Cc2cc(F)cc(F)c2)c2nc(C#CC(C)(C)O)ccc2-c2ccc(Cl)c3c(NS(C)(=O)=O)n[nH]c23)C1=C(N)C(F)F. The number of amides is 1. The topological polar surface area (TPSA) is 175 Å². The van der Waals surface area contributed by atoms with Crippen LogP contribution in [0.15, 0.2) is 58.7 Å². The van der Waals surface area contributed by atoms with Crippen LogP contribution in [0.4, 0.5) is 32.2 Å². The molecule has 2 aromatic heterocycles. The zero-order valence-corrected chi connectivity index (χ0v) is 31.1. The van der Waals surface area contributed by atoms with Crippen LogP contribution in [0, 0.1) is 29.4 Å². The van der Waals surface area contributed by atoms with Crippen molar-refractivity contribution in [2.24, 2.45) is 16.6 Å². The smallest absolute Gasteiger partial charge is 0.290 e. The van der Waals surface area contributed by atoms with E-state index < -0.39 is 87.4 Å². The van der Waals surface area contributed by atoms with E-state index in [2.05, 4.69) is 42.1 Å². The van der Waals surface area contributed by atoms with E-state index in [-0.39, 0.29) is 50.7 Å². The van der Waals surface area contributed by atoms with E-state index in [9.17, 15) is 35.9 Å². The molecule has 1 fully saturated rings. The van der Waals surface area contributed by atoms with Crippen LogP contribution in [0.1, 0.15) is 50.2 Å². The van der Waals surface area contributed by atoms with Crippen LogP contribution in [-0.2, 0) is 21.2 Å². The number of benzene rings is 2. The van der Waals surface area contributed by atoms with Crippen molar-refractivity contribution in [3.63, 3.8) is 0 Å². The van der Waals surface area contributed by atoms with Crippen molar-refractivity contribution in [1.29, 1.82) is 0 Å². The quantitative estimate of drug-likeness (QED) is 0.0959. The average Bonchev–Trinajstić information content (AvgIpc) is 3.57. The number of aromatic amines is 1. The summed E-state index contributed by atoms with van der Waals surface area (Å²) in [6.45, 7) is 3.13. The molecule has 0 spiro atoms. The Bertz CT molecular complexity index is 2380. The molecule has 2 aromatic carbocycles. The molecule has 2 atom stereocenters. The molecule has 5 rings (SSSR count). The third-order valence-corrected chi connectivity index (χ3v) is 9.15. The minimum absolute atomic E-state index is 0.00594. The van der Waals surface area contributed by atoms with Gasteiger partial charge in [-0.3, -0.25) is 19.6 Å². The number of nitrogens with one attached hydrogen (secondary N) is 3. The number of aliphatic imine (C=N–C) groups is 1. The number of hydrogen-bond acceptors (Lipinski definition) is 8. The first-order chi connectivity index (χ1) is 25.5. The molecule has 0 saturated heterocycles. The van der Waals surface area contributed by atoms with Gasteiger partial charge in [-0.2, -0.15) is 13.9 Å². The number of anilines is 1. The number of nitrogens with two attached hydrogens (primary N) is 1. The molecule has 19 heteroatoms. The van der Waals surface area contributed by atoms with E-state index >= 15 is 8.78 Å². The predicted molar refractivity (Wildman–Crippen MR) is 195 cm³/mol. The number of hydrogen-bond donors (Lipinski definition) is 5. The van der Waals surface area contributed by atoms with Gasteiger partial charge in [-0.1, -0.05) is 30.5 Å². The van der Waals surface area contributed by atoms with E-state index in [1.165, 1.54) is 45.0 Å². The van der Waals surface area contributed by atoms with Crippen LogP contribution in [0.2, 0.25) is 5.02 Å². The van der Waals surface area contributed by atoms with Gasteiger partial charge in [-0.25, -0.2) is 31.0 Å². The zero-order valence-electron chi connectivity index (χ0n) is 29.5. The van der Waals surface area contributed by atoms with Gasteiger partial charge in [0.15, 0.2) is 5.82 Å². The van der Waals surface area contributed by atoms with Crippen LogP contribution >= 0.6 is 11.6 Å². The third kappa shape index (κ3) is 9.77. The number of fused-ring (bicyclic) bond motifs is 1. The second-order valence-corrected chi connectivity index (χ2v) is 15.6. The van der Waals surface area contributed by atoms with E-state index in [1.807, 2.05) is 0 Å². The van der Waals surface area contributed by atoms with Crippen LogP contribution < -0.4 is 15.8 Å². The summed E-state index contributed by atoms with van der Waals surface area (Å²) in [6.07, 6.45) is -3.56. The molecule has 1 aliphatic rings. The molecular weight excluding hydrogens is 776 g/mol. The molecule has 2 heterocycles. The number of sulfonamides is 1. The summed E-state index contributed by atoms with van der Waals surface area (Å²) in [4.78, 5) is 22.0. The van der Waals surface area contributed by atoms with Gasteiger partial charge in [0.1, 0.15) is 35.2 Å². The summed E-state index contributed by atoms with van der Waals surface area (Å²) in [6, 6.07) is 7.30. The van der Waals surface area contributed by atoms with Crippen molar-refractivity contribution in [2.45, 2.75) is 57.6 Å². The fourth-order valence-corrected chi connectivity index (χ4v) is 6.89. The summed E-state index contributed by atoms with van der Waals surface area (Å²) in [7, 11) is -3.82. The minimum Gasteiger partial charge on any atom is -0.397 e. The van der Waals surface area contributed by atoms with Crippen molar-refractivity contribution in [1.82, 2.24) is 20.5 Å². The van der Waals surface area contributed by atoms with Crippen LogP contribution in [0.3, 0.4) is 0 Å². The Kier molecular flexibility index (Phi) is 11.6. The summed E-state index contributed by atoms with van der Waals surface area (Å²) in [5.74, 6) is -2.46. The molecule has 1 saturated carbocycles. The maximum absolute atomic E-state index is 15.0. The number of carbonyl (C=O) groups is 1. The summed E-state index contributed by atoms with van der Waals surface area (Å²) >= 11 is 6.47. The van der Waals surface area contributed by atoms with Crippen molar-refractivity contribution >= 4 is 50.0 Å². The minimum atomic E-state index is -3.82. The number of pyridine rings is 1. The van der Waals surface area contributed by atoms with Gasteiger partial charge >= 0.3 is 0 Å².